The Balaban J connectivity index is 1.97. The van der Waals surface area contributed by atoms with Gasteiger partial charge in [-0.3, -0.25) is 4.79 Å². The number of thiophene rings is 1. The zero-order valence-corrected chi connectivity index (χ0v) is 12.6. The molecule has 92 valence electrons. The third kappa shape index (κ3) is 2.40. The number of hydrogen-bond donors (Lipinski definition) is 0. The van der Waals surface area contributed by atoms with Crippen molar-refractivity contribution in [3.63, 3.8) is 0 Å². The highest BCUT2D eigenvalue weighted by atomic mass is 79.9. The van der Waals surface area contributed by atoms with Crippen LogP contribution in [0.4, 0.5) is 0 Å². The van der Waals surface area contributed by atoms with Crippen LogP contribution in [-0.2, 0) is 0 Å². The van der Waals surface area contributed by atoms with Crippen LogP contribution < -0.4 is 0 Å². The van der Waals surface area contributed by atoms with Gasteiger partial charge < -0.3 is 0 Å². The minimum atomic E-state index is 0.277. The zero-order valence-electron chi connectivity index (χ0n) is 9.45. The predicted molar refractivity (Wildman–Crippen MR) is 79.5 cm³/mol. The van der Waals surface area contributed by atoms with E-state index in [1.54, 1.807) is 11.3 Å². The van der Waals surface area contributed by atoms with E-state index in [1.807, 2.05) is 30.3 Å². The number of halogens is 2. The van der Waals surface area contributed by atoms with Gasteiger partial charge in [0.1, 0.15) is 0 Å². The second-order valence-electron chi connectivity index (χ2n) is 4.43. The Bertz CT molecular complexity index is 616. The van der Waals surface area contributed by atoms with Crippen LogP contribution in [0.25, 0.3) is 10.4 Å². The third-order valence-electron chi connectivity index (χ3n) is 2.99. The molecule has 0 atom stereocenters. The van der Waals surface area contributed by atoms with Gasteiger partial charge in [-0.15, -0.1) is 11.3 Å². The molecule has 1 aliphatic rings. The van der Waals surface area contributed by atoms with Gasteiger partial charge in [-0.1, -0.05) is 27.5 Å². The molecule has 1 aliphatic carbocycles. The van der Waals surface area contributed by atoms with E-state index in [1.165, 1.54) is 0 Å². The molecule has 1 fully saturated rings. The van der Waals surface area contributed by atoms with E-state index in [4.69, 9.17) is 11.6 Å². The SMILES string of the molecule is O=C(c1ccc(-c2cc(Cl)ccc2Br)s1)C1CC1. The molecule has 0 bridgehead atoms. The number of hydrogen-bond acceptors (Lipinski definition) is 2. The van der Waals surface area contributed by atoms with Crippen molar-refractivity contribution >= 4 is 44.7 Å². The number of ketones is 1. The van der Waals surface area contributed by atoms with Crippen LogP contribution in [0.2, 0.25) is 5.02 Å². The van der Waals surface area contributed by atoms with Crippen molar-refractivity contribution in [2.45, 2.75) is 12.8 Å². The van der Waals surface area contributed by atoms with Crippen molar-refractivity contribution in [1.29, 1.82) is 0 Å². The standard InChI is InChI=1S/C14H10BrClOS/c15-11-4-3-9(16)7-10(11)12-5-6-13(18-12)14(17)8-1-2-8/h3-8H,1-2H2. The van der Waals surface area contributed by atoms with Crippen LogP contribution >= 0.6 is 38.9 Å². The molecule has 0 N–H and O–H groups in total. The molecule has 1 nitrogen and oxygen atoms in total. The van der Waals surface area contributed by atoms with Gasteiger partial charge in [-0.2, -0.15) is 0 Å². The second-order valence-corrected chi connectivity index (χ2v) is 6.80. The van der Waals surface area contributed by atoms with Crippen molar-refractivity contribution < 1.29 is 4.79 Å². The summed E-state index contributed by atoms with van der Waals surface area (Å²) in [5, 5.41) is 0.705. The average molecular weight is 342 g/mol. The molecular formula is C14H10BrClOS. The Kier molecular flexibility index (Phi) is 3.31. The Morgan fingerprint density at radius 3 is 2.78 bits per heavy atom. The molecule has 1 aromatic carbocycles. The molecule has 18 heavy (non-hydrogen) atoms. The predicted octanol–water partition coefficient (Wildman–Crippen LogP) is 5.42. The topological polar surface area (TPSA) is 17.1 Å². The van der Waals surface area contributed by atoms with Crippen LogP contribution in [0.15, 0.2) is 34.8 Å². The van der Waals surface area contributed by atoms with Crippen molar-refractivity contribution in [1.82, 2.24) is 0 Å². The summed E-state index contributed by atoms with van der Waals surface area (Å²) >= 11 is 11.1. The number of benzene rings is 1. The Morgan fingerprint density at radius 1 is 1.28 bits per heavy atom. The lowest BCUT2D eigenvalue weighted by Gasteiger charge is -2.01. The van der Waals surface area contributed by atoms with Crippen LogP contribution in [0.3, 0.4) is 0 Å². The van der Waals surface area contributed by atoms with E-state index in [-0.39, 0.29) is 5.92 Å². The first-order chi connectivity index (χ1) is 8.65. The summed E-state index contributed by atoms with van der Waals surface area (Å²) in [6.07, 6.45) is 2.10. The maximum Gasteiger partial charge on any atom is 0.175 e. The highest BCUT2D eigenvalue weighted by Crippen LogP contribution is 2.39. The van der Waals surface area contributed by atoms with Gasteiger partial charge >= 0.3 is 0 Å². The fraction of sp³-hybridized carbons (Fsp3) is 0.214. The second kappa shape index (κ2) is 4.80. The molecule has 0 saturated heterocycles. The van der Waals surface area contributed by atoms with E-state index in [0.717, 1.165) is 32.6 Å². The van der Waals surface area contributed by atoms with Gasteiger partial charge in [-0.05, 0) is 43.2 Å². The molecule has 0 spiro atoms. The third-order valence-corrected chi connectivity index (χ3v) is 5.05. The molecule has 0 aliphatic heterocycles. The van der Waals surface area contributed by atoms with Crippen molar-refractivity contribution in [2.24, 2.45) is 5.92 Å². The fourth-order valence-corrected chi connectivity index (χ4v) is 3.67. The van der Waals surface area contributed by atoms with Crippen LogP contribution in [0.1, 0.15) is 22.5 Å². The summed E-state index contributed by atoms with van der Waals surface area (Å²) in [6.45, 7) is 0. The lowest BCUT2D eigenvalue weighted by Crippen LogP contribution is -1.96. The van der Waals surface area contributed by atoms with Gasteiger partial charge in [0.05, 0.1) is 4.88 Å². The van der Waals surface area contributed by atoms with Gasteiger partial charge in [0.2, 0.25) is 0 Å². The molecule has 4 heteroatoms. The molecule has 1 saturated carbocycles. The lowest BCUT2D eigenvalue weighted by molar-refractivity contribution is 0.0971. The van der Waals surface area contributed by atoms with E-state index < -0.39 is 0 Å². The quantitative estimate of drug-likeness (QED) is 0.681. The molecule has 3 rings (SSSR count). The smallest absolute Gasteiger partial charge is 0.175 e. The maximum atomic E-state index is 12.0. The molecule has 0 unspecified atom stereocenters. The van der Waals surface area contributed by atoms with E-state index in [0.29, 0.717) is 10.8 Å². The minimum Gasteiger partial charge on any atom is -0.293 e. The highest BCUT2D eigenvalue weighted by Gasteiger charge is 2.31. The first-order valence-corrected chi connectivity index (χ1v) is 7.73. The number of carbonyl (C=O) groups is 1. The Hall–Kier alpha value is -0.640. The van der Waals surface area contributed by atoms with E-state index in [2.05, 4.69) is 15.9 Å². The molecule has 1 heterocycles. The van der Waals surface area contributed by atoms with Crippen LogP contribution in [0.5, 0.6) is 0 Å². The number of carbonyl (C=O) groups excluding carboxylic acids is 1. The fourth-order valence-electron chi connectivity index (χ4n) is 1.85. The normalized spacial score (nSPS) is 14.8. The first kappa shape index (κ1) is 12.4. The van der Waals surface area contributed by atoms with E-state index >= 15 is 0 Å². The van der Waals surface area contributed by atoms with Gasteiger partial charge in [0.25, 0.3) is 0 Å². The summed E-state index contributed by atoms with van der Waals surface area (Å²) in [7, 11) is 0. The monoisotopic (exact) mass is 340 g/mol. The van der Waals surface area contributed by atoms with Crippen LogP contribution in [0, 0.1) is 5.92 Å². The minimum absolute atomic E-state index is 0.277. The lowest BCUT2D eigenvalue weighted by atomic mass is 10.2. The first-order valence-electron chi connectivity index (χ1n) is 5.74. The van der Waals surface area contributed by atoms with Gasteiger partial charge in [-0.25, -0.2) is 0 Å². The van der Waals surface area contributed by atoms with Crippen molar-refractivity contribution in [2.75, 3.05) is 0 Å². The largest absolute Gasteiger partial charge is 0.293 e. The Morgan fingerprint density at radius 2 is 2.06 bits per heavy atom. The van der Waals surface area contributed by atoms with Gasteiger partial charge in [0, 0.05) is 25.9 Å². The number of rotatable bonds is 3. The summed E-state index contributed by atoms with van der Waals surface area (Å²) in [5.41, 5.74) is 1.04. The summed E-state index contributed by atoms with van der Waals surface area (Å²) in [6, 6.07) is 9.62. The summed E-state index contributed by atoms with van der Waals surface area (Å²) in [4.78, 5) is 13.9. The zero-order chi connectivity index (χ0) is 12.7. The average Bonchev–Trinajstić information content (AvgIpc) is 3.09. The molecular weight excluding hydrogens is 332 g/mol. The van der Waals surface area contributed by atoms with Crippen LogP contribution in [-0.4, -0.2) is 5.78 Å². The highest BCUT2D eigenvalue weighted by molar-refractivity contribution is 9.10. The molecule has 0 amide bonds. The molecule has 1 aromatic heterocycles. The van der Waals surface area contributed by atoms with Gasteiger partial charge in [0.15, 0.2) is 5.78 Å². The van der Waals surface area contributed by atoms with Crippen molar-refractivity contribution in [3.8, 4) is 10.4 Å². The van der Waals surface area contributed by atoms with Crippen molar-refractivity contribution in [3.05, 3.63) is 44.7 Å². The van der Waals surface area contributed by atoms with E-state index in [9.17, 15) is 4.79 Å². The number of Topliss-reactive ketones (excluding diaryl/α,β-unsaturated/α-hetero) is 1. The Labute approximate surface area is 123 Å². The molecule has 2 aromatic rings. The summed E-state index contributed by atoms with van der Waals surface area (Å²) in [5.74, 6) is 0.573. The summed E-state index contributed by atoms with van der Waals surface area (Å²) < 4.78 is 0.999. The maximum absolute atomic E-state index is 12.0. The molecule has 0 radical (unpaired) electrons.